The van der Waals surface area contributed by atoms with E-state index in [1.54, 1.807) is 24.3 Å². The second-order valence-electron chi connectivity index (χ2n) is 5.91. The van der Waals surface area contributed by atoms with E-state index < -0.39 is 17.7 Å². The van der Waals surface area contributed by atoms with E-state index in [9.17, 15) is 18.0 Å². The van der Waals surface area contributed by atoms with Crippen LogP contribution < -0.4 is 0 Å². The highest BCUT2D eigenvalue weighted by atomic mass is 35.5. The Morgan fingerprint density at radius 3 is 2.42 bits per heavy atom. The van der Waals surface area contributed by atoms with E-state index in [-0.39, 0.29) is 18.0 Å². The SMILES string of the molecule is O=CN1CC(c2cccc(Cl)c2)C(c2ccccc2C(F)(F)F)C1. The molecule has 0 radical (unpaired) electrons. The van der Waals surface area contributed by atoms with Crippen molar-refractivity contribution in [1.29, 1.82) is 0 Å². The lowest BCUT2D eigenvalue weighted by Crippen LogP contribution is -2.18. The molecule has 0 saturated carbocycles. The Bertz CT molecular complexity index is 747. The maximum absolute atomic E-state index is 13.4. The van der Waals surface area contributed by atoms with Crippen LogP contribution in [0.2, 0.25) is 5.02 Å². The van der Waals surface area contributed by atoms with E-state index in [0.717, 1.165) is 11.6 Å². The summed E-state index contributed by atoms with van der Waals surface area (Å²) >= 11 is 6.03. The van der Waals surface area contributed by atoms with Gasteiger partial charge in [0.05, 0.1) is 5.56 Å². The lowest BCUT2D eigenvalue weighted by atomic mass is 9.82. The number of carbonyl (C=O) groups excluding carboxylic acids is 1. The fraction of sp³-hybridized carbons (Fsp3) is 0.278. The summed E-state index contributed by atoms with van der Waals surface area (Å²) in [6, 6.07) is 12.7. The first-order valence-corrected chi connectivity index (χ1v) is 7.89. The summed E-state index contributed by atoms with van der Waals surface area (Å²) in [5.41, 5.74) is 0.419. The molecule has 0 N–H and O–H groups in total. The number of alkyl halides is 3. The van der Waals surface area contributed by atoms with Gasteiger partial charge in [0.1, 0.15) is 0 Å². The predicted octanol–water partition coefficient (Wildman–Crippen LogP) is 4.70. The molecule has 0 bridgehead atoms. The highest BCUT2D eigenvalue weighted by Crippen LogP contribution is 2.44. The Hall–Kier alpha value is -2.01. The van der Waals surface area contributed by atoms with Crippen molar-refractivity contribution in [2.75, 3.05) is 13.1 Å². The Kier molecular flexibility index (Phi) is 4.54. The van der Waals surface area contributed by atoms with Crippen LogP contribution in [-0.2, 0) is 11.0 Å². The molecule has 6 heteroatoms. The van der Waals surface area contributed by atoms with E-state index in [0.29, 0.717) is 18.0 Å². The molecule has 126 valence electrons. The Balaban J connectivity index is 2.06. The first-order valence-electron chi connectivity index (χ1n) is 7.51. The van der Waals surface area contributed by atoms with Crippen molar-refractivity contribution in [1.82, 2.24) is 4.90 Å². The number of likely N-dealkylation sites (tertiary alicyclic amines) is 1. The number of rotatable bonds is 3. The minimum absolute atomic E-state index is 0.222. The molecule has 1 heterocycles. The molecule has 1 fully saturated rings. The molecule has 1 saturated heterocycles. The number of nitrogens with zero attached hydrogens (tertiary/aromatic N) is 1. The number of amides is 1. The van der Waals surface area contributed by atoms with Gasteiger partial charge in [-0.25, -0.2) is 0 Å². The highest BCUT2D eigenvalue weighted by Gasteiger charge is 2.40. The average molecular weight is 354 g/mol. The summed E-state index contributed by atoms with van der Waals surface area (Å²) in [4.78, 5) is 12.7. The van der Waals surface area contributed by atoms with E-state index in [4.69, 9.17) is 11.6 Å². The number of benzene rings is 2. The van der Waals surface area contributed by atoms with Crippen LogP contribution in [0.3, 0.4) is 0 Å². The Labute approximate surface area is 142 Å². The van der Waals surface area contributed by atoms with Crippen molar-refractivity contribution >= 4 is 18.0 Å². The van der Waals surface area contributed by atoms with Gasteiger partial charge in [-0.1, -0.05) is 41.9 Å². The van der Waals surface area contributed by atoms with E-state index in [2.05, 4.69) is 0 Å². The summed E-state index contributed by atoms with van der Waals surface area (Å²) in [6.07, 6.45) is -3.74. The summed E-state index contributed by atoms with van der Waals surface area (Å²) in [5.74, 6) is -0.649. The van der Waals surface area contributed by atoms with E-state index >= 15 is 0 Å². The summed E-state index contributed by atoms with van der Waals surface area (Å²) in [7, 11) is 0. The molecule has 24 heavy (non-hydrogen) atoms. The first-order chi connectivity index (χ1) is 11.4. The first kappa shape index (κ1) is 16.8. The molecule has 2 nitrogen and oxygen atoms in total. The van der Waals surface area contributed by atoms with Gasteiger partial charge in [-0.3, -0.25) is 4.79 Å². The third-order valence-electron chi connectivity index (χ3n) is 4.44. The van der Waals surface area contributed by atoms with Gasteiger partial charge in [-0.15, -0.1) is 0 Å². The Morgan fingerprint density at radius 1 is 1.04 bits per heavy atom. The lowest BCUT2D eigenvalue weighted by Gasteiger charge is -2.22. The largest absolute Gasteiger partial charge is 0.416 e. The molecule has 0 aliphatic carbocycles. The molecule has 2 unspecified atom stereocenters. The molecule has 2 aromatic carbocycles. The molecular weight excluding hydrogens is 339 g/mol. The number of hydrogen-bond acceptors (Lipinski definition) is 1. The molecular formula is C18H15ClF3NO. The van der Waals surface area contributed by atoms with Crippen molar-refractivity contribution in [3.63, 3.8) is 0 Å². The molecule has 1 aliphatic rings. The van der Waals surface area contributed by atoms with Gasteiger partial charge < -0.3 is 4.90 Å². The molecule has 3 rings (SSSR count). The lowest BCUT2D eigenvalue weighted by molar-refractivity contribution is -0.138. The van der Waals surface area contributed by atoms with Crippen LogP contribution in [0.15, 0.2) is 48.5 Å². The van der Waals surface area contributed by atoms with Crippen LogP contribution in [0.5, 0.6) is 0 Å². The normalized spacial score (nSPS) is 21.1. The van der Waals surface area contributed by atoms with Crippen molar-refractivity contribution in [2.24, 2.45) is 0 Å². The van der Waals surface area contributed by atoms with Crippen LogP contribution in [0.4, 0.5) is 13.2 Å². The van der Waals surface area contributed by atoms with Gasteiger partial charge >= 0.3 is 6.18 Å². The predicted molar refractivity (Wildman–Crippen MR) is 86.0 cm³/mol. The van der Waals surface area contributed by atoms with Gasteiger partial charge in [0.25, 0.3) is 0 Å². The van der Waals surface area contributed by atoms with Gasteiger partial charge in [0, 0.05) is 29.9 Å². The van der Waals surface area contributed by atoms with Crippen LogP contribution in [0.25, 0.3) is 0 Å². The van der Waals surface area contributed by atoms with Crippen molar-refractivity contribution in [3.05, 3.63) is 70.2 Å². The second kappa shape index (κ2) is 6.48. The smallest absolute Gasteiger partial charge is 0.344 e. The maximum Gasteiger partial charge on any atom is 0.416 e. The van der Waals surface area contributed by atoms with Crippen LogP contribution in [-0.4, -0.2) is 24.4 Å². The van der Waals surface area contributed by atoms with Crippen molar-refractivity contribution in [3.8, 4) is 0 Å². The van der Waals surface area contributed by atoms with Gasteiger partial charge in [-0.05, 0) is 29.3 Å². The highest BCUT2D eigenvalue weighted by molar-refractivity contribution is 6.30. The second-order valence-corrected chi connectivity index (χ2v) is 6.35. The molecule has 1 aliphatic heterocycles. The average Bonchev–Trinajstić information content (AvgIpc) is 2.98. The van der Waals surface area contributed by atoms with Gasteiger partial charge in [0.2, 0.25) is 6.41 Å². The summed E-state index contributed by atoms with van der Waals surface area (Å²) in [6.45, 7) is 0.633. The Morgan fingerprint density at radius 2 is 1.75 bits per heavy atom. The van der Waals surface area contributed by atoms with Crippen molar-refractivity contribution < 1.29 is 18.0 Å². The third kappa shape index (κ3) is 3.26. The van der Waals surface area contributed by atoms with E-state index in [1.165, 1.54) is 17.0 Å². The molecule has 2 aromatic rings. The van der Waals surface area contributed by atoms with Crippen LogP contribution >= 0.6 is 11.6 Å². The van der Waals surface area contributed by atoms with Crippen molar-refractivity contribution in [2.45, 2.75) is 18.0 Å². The fourth-order valence-corrected chi connectivity index (χ4v) is 3.59. The van der Waals surface area contributed by atoms with Crippen LogP contribution in [0, 0.1) is 0 Å². The molecule has 0 spiro atoms. The zero-order valence-electron chi connectivity index (χ0n) is 12.6. The maximum atomic E-state index is 13.4. The van der Waals surface area contributed by atoms with Gasteiger partial charge in [-0.2, -0.15) is 13.2 Å². The van der Waals surface area contributed by atoms with Crippen LogP contribution in [0.1, 0.15) is 28.5 Å². The minimum atomic E-state index is -4.43. The summed E-state index contributed by atoms with van der Waals surface area (Å²) in [5, 5.41) is 0.528. The molecule has 2 atom stereocenters. The topological polar surface area (TPSA) is 20.3 Å². The standard InChI is InChI=1S/C18H15ClF3NO/c19-13-5-3-4-12(8-13)15-9-23(11-24)10-16(15)14-6-1-2-7-17(14)18(20,21)22/h1-8,11,15-16H,9-10H2. The van der Waals surface area contributed by atoms with Gasteiger partial charge in [0.15, 0.2) is 0 Å². The third-order valence-corrected chi connectivity index (χ3v) is 4.67. The molecule has 0 aromatic heterocycles. The number of halogens is 4. The number of carbonyl (C=O) groups is 1. The zero-order chi connectivity index (χ0) is 17.3. The molecule has 1 amide bonds. The number of hydrogen-bond donors (Lipinski definition) is 0. The fourth-order valence-electron chi connectivity index (χ4n) is 3.39. The monoisotopic (exact) mass is 353 g/mol. The van der Waals surface area contributed by atoms with E-state index in [1.807, 2.05) is 6.07 Å². The summed E-state index contributed by atoms with van der Waals surface area (Å²) < 4.78 is 40.1. The zero-order valence-corrected chi connectivity index (χ0v) is 13.4. The minimum Gasteiger partial charge on any atom is -0.344 e. The quantitative estimate of drug-likeness (QED) is 0.732.